The molecule has 200 valence electrons. The highest BCUT2D eigenvalue weighted by atomic mass is 19.4. The first kappa shape index (κ1) is 24.9. The summed E-state index contributed by atoms with van der Waals surface area (Å²) in [5.41, 5.74) is 0.545. The van der Waals surface area contributed by atoms with Crippen LogP contribution in [-0.4, -0.2) is 41.2 Å². The van der Waals surface area contributed by atoms with Gasteiger partial charge in [-0.15, -0.1) is 10.2 Å². The molecule has 2 fully saturated rings. The van der Waals surface area contributed by atoms with Crippen LogP contribution in [0.5, 0.6) is 0 Å². The number of nitrogens with zero attached hydrogens (tertiary/aromatic N) is 6. The molecule has 1 aliphatic carbocycles. The first-order valence-electron chi connectivity index (χ1n) is 13.2. The van der Waals surface area contributed by atoms with Crippen molar-refractivity contribution in [1.29, 1.82) is 0 Å². The first-order chi connectivity index (χ1) is 18.2. The van der Waals surface area contributed by atoms with Gasteiger partial charge >= 0.3 is 11.9 Å². The summed E-state index contributed by atoms with van der Waals surface area (Å²) in [5.74, 6) is 1.26. The second-order valence-corrected chi connectivity index (χ2v) is 10.8. The number of alkyl halides is 3. The maximum Gasteiger partial charge on any atom is 0.418 e. The van der Waals surface area contributed by atoms with Crippen molar-refractivity contribution in [3.05, 3.63) is 82.1 Å². The Morgan fingerprint density at radius 3 is 2.55 bits per heavy atom. The van der Waals surface area contributed by atoms with Gasteiger partial charge in [-0.25, -0.2) is 4.79 Å². The van der Waals surface area contributed by atoms with Crippen molar-refractivity contribution >= 4 is 5.52 Å². The molecule has 4 aromatic rings. The maximum absolute atomic E-state index is 14.2. The van der Waals surface area contributed by atoms with E-state index in [2.05, 4.69) is 22.0 Å². The Morgan fingerprint density at radius 2 is 1.92 bits per heavy atom. The minimum Gasteiger partial charge on any atom is -0.320 e. The van der Waals surface area contributed by atoms with Gasteiger partial charge in [0.15, 0.2) is 0 Å². The van der Waals surface area contributed by atoms with Gasteiger partial charge in [0.05, 0.1) is 16.8 Å². The van der Waals surface area contributed by atoms with E-state index in [0.29, 0.717) is 29.8 Å². The number of halogens is 3. The molecule has 2 atom stereocenters. The Bertz CT molecular complexity index is 1530. The number of likely N-dealkylation sites (tertiary alicyclic amines) is 1. The average Bonchev–Trinajstić information content (AvgIpc) is 3.55. The van der Waals surface area contributed by atoms with Gasteiger partial charge in [0, 0.05) is 37.9 Å². The summed E-state index contributed by atoms with van der Waals surface area (Å²) in [6, 6.07) is 9.02. The van der Waals surface area contributed by atoms with E-state index < -0.39 is 17.4 Å². The molecule has 1 unspecified atom stereocenters. The molecule has 0 spiro atoms. The Morgan fingerprint density at radius 1 is 1.11 bits per heavy atom. The van der Waals surface area contributed by atoms with E-state index in [1.54, 1.807) is 18.6 Å². The zero-order valence-electron chi connectivity index (χ0n) is 21.5. The molecule has 38 heavy (non-hydrogen) atoms. The minimum absolute atomic E-state index is 0.00345. The van der Waals surface area contributed by atoms with Crippen LogP contribution in [-0.2, 0) is 19.8 Å². The number of aryl methyl sites for hydroxylation is 1. The monoisotopic (exact) mass is 524 g/mol. The van der Waals surface area contributed by atoms with Gasteiger partial charge in [0.25, 0.3) is 0 Å². The first-order valence-corrected chi connectivity index (χ1v) is 13.2. The molecule has 1 saturated heterocycles. The van der Waals surface area contributed by atoms with E-state index in [1.807, 2.05) is 29.8 Å². The molecule has 10 heteroatoms. The number of rotatable bonds is 6. The summed E-state index contributed by atoms with van der Waals surface area (Å²) >= 11 is 0. The number of aromatic nitrogens is 5. The van der Waals surface area contributed by atoms with Crippen molar-refractivity contribution < 1.29 is 13.2 Å². The van der Waals surface area contributed by atoms with Gasteiger partial charge in [-0.3, -0.25) is 13.9 Å². The molecule has 0 bridgehead atoms. The molecule has 0 radical (unpaired) electrons. The van der Waals surface area contributed by atoms with Crippen LogP contribution in [0.4, 0.5) is 13.2 Å². The maximum atomic E-state index is 14.2. The van der Waals surface area contributed by atoms with Crippen LogP contribution in [0.15, 0.2) is 53.8 Å². The van der Waals surface area contributed by atoms with Crippen LogP contribution in [0.1, 0.15) is 67.5 Å². The molecular formula is C28H31F3N6O. The predicted octanol–water partition coefficient (Wildman–Crippen LogP) is 5.15. The van der Waals surface area contributed by atoms with Gasteiger partial charge in [-0.2, -0.15) is 13.2 Å². The lowest BCUT2D eigenvalue weighted by molar-refractivity contribution is -0.136. The molecule has 6 rings (SSSR count). The molecule has 1 saturated carbocycles. The Kier molecular flexibility index (Phi) is 6.17. The highest BCUT2D eigenvalue weighted by Gasteiger charge is 2.36. The highest BCUT2D eigenvalue weighted by Crippen LogP contribution is 2.43. The quantitative estimate of drug-likeness (QED) is 0.350. The van der Waals surface area contributed by atoms with Crippen molar-refractivity contribution in [2.24, 2.45) is 13.0 Å². The normalized spacial score (nSPS) is 19.8. The van der Waals surface area contributed by atoms with Crippen molar-refractivity contribution in [3.8, 4) is 5.69 Å². The fourth-order valence-corrected chi connectivity index (χ4v) is 6.05. The van der Waals surface area contributed by atoms with Crippen LogP contribution in [0, 0.1) is 5.92 Å². The predicted molar refractivity (Wildman–Crippen MR) is 137 cm³/mol. The third-order valence-electron chi connectivity index (χ3n) is 8.36. The van der Waals surface area contributed by atoms with Gasteiger partial charge in [0.1, 0.15) is 12.2 Å². The molecular weight excluding hydrogens is 493 g/mol. The summed E-state index contributed by atoms with van der Waals surface area (Å²) in [4.78, 5) is 15.7. The molecule has 2 aliphatic rings. The number of hydrogen-bond donors (Lipinski definition) is 0. The number of hydrogen-bond acceptors (Lipinski definition) is 4. The molecule has 7 nitrogen and oxygen atoms in total. The van der Waals surface area contributed by atoms with Gasteiger partial charge < -0.3 is 4.57 Å². The van der Waals surface area contributed by atoms with E-state index in [1.165, 1.54) is 16.8 Å². The Hall–Kier alpha value is -3.40. The van der Waals surface area contributed by atoms with Crippen LogP contribution < -0.4 is 5.69 Å². The van der Waals surface area contributed by atoms with Crippen LogP contribution >= 0.6 is 0 Å². The summed E-state index contributed by atoms with van der Waals surface area (Å²) in [6.45, 7) is 3.31. The highest BCUT2D eigenvalue weighted by molar-refractivity contribution is 5.58. The van der Waals surface area contributed by atoms with E-state index >= 15 is 0 Å². The van der Waals surface area contributed by atoms with Crippen molar-refractivity contribution in [3.63, 3.8) is 0 Å². The van der Waals surface area contributed by atoms with Crippen LogP contribution in [0.25, 0.3) is 11.2 Å². The van der Waals surface area contributed by atoms with Gasteiger partial charge in [-0.1, -0.05) is 18.6 Å². The molecule has 0 N–H and O–H groups in total. The molecule has 1 aliphatic heterocycles. The fraction of sp³-hybridized carbons (Fsp3) is 0.464. The van der Waals surface area contributed by atoms with Crippen molar-refractivity contribution in [2.75, 3.05) is 6.54 Å². The van der Waals surface area contributed by atoms with Gasteiger partial charge in [-0.05, 0) is 74.4 Å². The standard InChI is InChI=1S/C28H31F3N6O/c1-18-6-5-11-35(18)14-19-12-23(28(29,30)31)24-16-36(27(38)37(24)15-19)22-10-4-9-21(13-22)25(20-7-3-8-20)26-33-32-17-34(26)2/h4,9-10,12-13,15-18,20,25H,3,5-8,11,14H2,1-2H3/t18-,25?/m0/s1. The molecule has 4 heterocycles. The third-order valence-corrected chi connectivity index (χ3v) is 8.36. The van der Waals surface area contributed by atoms with E-state index in [0.717, 1.165) is 54.4 Å². The summed E-state index contributed by atoms with van der Waals surface area (Å²) in [5, 5.41) is 8.42. The summed E-state index contributed by atoms with van der Waals surface area (Å²) in [6.07, 6.45) is 5.32. The van der Waals surface area contributed by atoms with Crippen molar-refractivity contribution in [1.82, 2.24) is 28.6 Å². The lowest BCUT2D eigenvalue weighted by Crippen LogP contribution is -2.27. The number of pyridine rings is 1. The number of fused-ring (bicyclic) bond motifs is 1. The smallest absolute Gasteiger partial charge is 0.320 e. The van der Waals surface area contributed by atoms with Crippen molar-refractivity contribution in [2.45, 2.75) is 63.7 Å². The largest absolute Gasteiger partial charge is 0.418 e. The van der Waals surface area contributed by atoms with Crippen LogP contribution in [0.3, 0.4) is 0 Å². The number of imidazole rings is 1. The van der Waals surface area contributed by atoms with E-state index in [4.69, 9.17) is 0 Å². The minimum atomic E-state index is -4.58. The second kappa shape index (κ2) is 9.41. The Labute approximate surface area is 218 Å². The van der Waals surface area contributed by atoms with Gasteiger partial charge in [0.2, 0.25) is 0 Å². The molecule has 1 aromatic carbocycles. The third kappa shape index (κ3) is 4.34. The zero-order chi connectivity index (χ0) is 26.6. The SMILES string of the molecule is C[C@H]1CCCN1Cc1cc(C(F)(F)F)c2cn(-c3cccc(C(c4nncn4C)C4CCC4)c3)c(=O)n2c1. The van der Waals surface area contributed by atoms with E-state index in [-0.39, 0.29) is 11.4 Å². The Balaban J connectivity index is 1.44. The van der Waals surface area contributed by atoms with E-state index in [9.17, 15) is 18.0 Å². The average molecular weight is 525 g/mol. The second-order valence-electron chi connectivity index (χ2n) is 10.8. The topological polar surface area (TPSA) is 60.4 Å². The number of benzene rings is 1. The summed E-state index contributed by atoms with van der Waals surface area (Å²) < 4.78 is 46.9. The molecule has 3 aromatic heterocycles. The fourth-order valence-electron chi connectivity index (χ4n) is 6.05. The molecule has 0 amide bonds. The lowest BCUT2D eigenvalue weighted by atomic mass is 9.72. The summed E-state index contributed by atoms with van der Waals surface area (Å²) in [7, 11) is 1.91. The lowest BCUT2D eigenvalue weighted by Gasteiger charge is -2.33. The van der Waals surface area contributed by atoms with Crippen LogP contribution in [0.2, 0.25) is 0 Å². The zero-order valence-corrected chi connectivity index (χ0v) is 21.5.